The van der Waals surface area contributed by atoms with E-state index in [0.717, 1.165) is 51.5 Å². The van der Waals surface area contributed by atoms with Gasteiger partial charge in [0, 0.05) is 33.1 Å². The van der Waals surface area contributed by atoms with Gasteiger partial charge in [-0.05, 0) is 133 Å². The zero-order chi connectivity index (χ0) is 41.4. The van der Waals surface area contributed by atoms with Gasteiger partial charge in [-0.1, -0.05) is 158 Å². The summed E-state index contributed by atoms with van der Waals surface area (Å²) in [4.78, 5) is 10.4. The van der Waals surface area contributed by atoms with E-state index in [-0.39, 0.29) is 0 Å². The van der Waals surface area contributed by atoms with Gasteiger partial charge in [-0.3, -0.25) is 4.98 Å². The maximum atomic E-state index is 5.32. The minimum Gasteiger partial charge on any atom is -0.310 e. The number of fused-ring (bicyclic) bond motifs is 11. The van der Waals surface area contributed by atoms with E-state index in [2.05, 4.69) is 211 Å². The van der Waals surface area contributed by atoms with Gasteiger partial charge in [0.25, 0.3) is 0 Å². The Bertz CT molecular complexity index is 3820. The van der Waals surface area contributed by atoms with Crippen molar-refractivity contribution in [3.63, 3.8) is 0 Å². The molecule has 0 saturated heterocycles. The van der Waals surface area contributed by atoms with Gasteiger partial charge in [0.05, 0.1) is 28.4 Å². The molecule has 0 saturated carbocycles. The number of para-hydroxylation sites is 1. The average Bonchev–Trinajstić information content (AvgIpc) is 3.69. The highest BCUT2D eigenvalue weighted by Gasteiger charge is 2.21. The lowest BCUT2D eigenvalue weighted by atomic mass is 9.87. The van der Waals surface area contributed by atoms with E-state index < -0.39 is 0 Å². The summed E-state index contributed by atoms with van der Waals surface area (Å²) in [5.74, 6) is 0. The Hall–Kier alpha value is -8.14. The van der Waals surface area contributed by atoms with E-state index >= 15 is 0 Å². The number of nitrogens with zero attached hydrogens (tertiary/aromatic N) is 3. The summed E-state index contributed by atoms with van der Waals surface area (Å²) in [7, 11) is 0. The number of aryl methyl sites for hydroxylation is 1. The summed E-state index contributed by atoms with van der Waals surface area (Å²) in [6.07, 6.45) is 8.66. The monoisotopic (exact) mass is 801 g/mol. The molecule has 0 N–H and O–H groups in total. The number of hydrogen-bond acceptors (Lipinski definition) is 2. The predicted molar refractivity (Wildman–Crippen MR) is 265 cm³/mol. The Balaban J connectivity index is 0.939. The first kappa shape index (κ1) is 35.6. The Morgan fingerprint density at radius 3 is 1.89 bits per heavy atom. The van der Waals surface area contributed by atoms with Gasteiger partial charge in [-0.15, -0.1) is 0 Å². The van der Waals surface area contributed by atoms with Gasteiger partial charge >= 0.3 is 0 Å². The predicted octanol–water partition coefficient (Wildman–Crippen LogP) is 15.8. The summed E-state index contributed by atoms with van der Waals surface area (Å²) in [5.41, 5.74) is 16.2. The molecule has 0 fully saturated rings. The maximum Gasteiger partial charge on any atom is 0.0979 e. The first-order valence-corrected chi connectivity index (χ1v) is 21.9. The van der Waals surface area contributed by atoms with Crippen LogP contribution in [0.25, 0.3) is 121 Å². The minimum absolute atomic E-state index is 0.862. The smallest absolute Gasteiger partial charge is 0.0979 e. The fraction of sp³-hybridized carbons (Fsp3) is 0.0333. The molecule has 2 aromatic heterocycles. The molecular formula is C60H39N3. The van der Waals surface area contributed by atoms with Crippen LogP contribution in [0.2, 0.25) is 0 Å². The van der Waals surface area contributed by atoms with Gasteiger partial charge in [0.1, 0.15) is 0 Å². The van der Waals surface area contributed by atoms with Crippen LogP contribution in [0.1, 0.15) is 17.7 Å². The molecule has 0 radical (unpaired) electrons. The van der Waals surface area contributed by atoms with E-state index in [1.807, 2.05) is 6.20 Å². The van der Waals surface area contributed by atoms with Crippen molar-refractivity contribution in [1.82, 2.24) is 14.5 Å². The third kappa shape index (κ3) is 5.67. The van der Waals surface area contributed by atoms with Crippen molar-refractivity contribution in [2.24, 2.45) is 0 Å². The maximum absolute atomic E-state index is 5.32. The lowest BCUT2D eigenvalue weighted by Gasteiger charge is -2.16. The number of hydrogen-bond donors (Lipinski definition) is 0. The van der Waals surface area contributed by atoms with Crippen molar-refractivity contribution in [1.29, 1.82) is 0 Å². The fourth-order valence-electron chi connectivity index (χ4n) is 10.4. The third-order valence-corrected chi connectivity index (χ3v) is 13.3. The molecule has 12 aromatic rings. The molecule has 294 valence electrons. The summed E-state index contributed by atoms with van der Waals surface area (Å²) in [6, 6.07) is 70.8. The topological polar surface area (TPSA) is 30.7 Å². The Labute approximate surface area is 364 Å². The molecule has 63 heavy (non-hydrogen) atoms. The van der Waals surface area contributed by atoms with Gasteiger partial charge in [0.2, 0.25) is 0 Å². The molecule has 0 atom stereocenters. The van der Waals surface area contributed by atoms with Gasteiger partial charge in [-0.2, -0.15) is 0 Å². The molecule has 13 rings (SSSR count). The standard InChI is InChI=1S/C60H39N3/c1-2-18-43(19-3-1)63-57-28-13-12-25-51(57)55-35-38(29-32-58(55)63)42-34-39-15-4-5-20-44(39)54(36-42)50-31-30-45(46-21-6-7-22-47(46)50)40-16-14-17-41(33-40)56-37-61-59-52-26-10-8-23-48(52)49-24-9-11-27-53(49)60(59)62-56/h1-11,13-24,26-37H,12,25H2. The van der Waals surface area contributed by atoms with Crippen LogP contribution >= 0.6 is 0 Å². The van der Waals surface area contributed by atoms with Crippen LogP contribution < -0.4 is 0 Å². The molecular weight excluding hydrogens is 763 g/mol. The summed E-state index contributed by atoms with van der Waals surface area (Å²) >= 11 is 0. The average molecular weight is 802 g/mol. The molecule has 10 aromatic carbocycles. The van der Waals surface area contributed by atoms with E-state index in [1.54, 1.807) is 0 Å². The van der Waals surface area contributed by atoms with E-state index in [4.69, 9.17) is 9.97 Å². The van der Waals surface area contributed by atoms with Gasteiger partial charge < -0.3 is 4.57 Å². The molecule has 1 aliphatic rings. The van der Waals surface area contributed by atoms with Crippen LogP contribution in [0, 0.1) is 0 Å². The SMILES string of the molecule is C1=Cc2c(c3cc(-c4cc(-c5ccc(-c6cccc(-c7cnc8c9ccccc9c9ccccc9c8n7)c6)c6ccccc56)c5ccccc5c4)ccc3n2-c2ccccc2)CC1. The number of aromatic nitrogens is 3. The van der Waals surface area contributed by atoms with Crippen LogP contribution in [0.3, 0.4) is 0 Å². The van der Waals surface area contributed by atoms with Crippen LogP contribution in [-0.2, 0) is 6.42 Å². The molecule has 0 aliphatic heterocycles. The first-order valence-electron chi connectivity index (χ1n) is 21.9. The van der Waals surface area contributed by atoms with Crippen LogP contribution in [0.4, 0.5) is 0 Å². The highest BCUT2D eigenvalue weighted by Crippen LogP contribution is 2.43. The Morgan fingerprint density at radius 1 is 0.413 bits per heavy atom. The lowest BCUT2D eigenvalue weighted by molar-refractivity contribution is 0.967. The van der Waals surface area contributed by atoms with Crippen LogP contribution in [0.15, 0.2) is 206 Å². The minimum atomic E-state index is 0.862. The molecule has 3 heteroatoms. The summed E-state index contributed by atoms with van der Waals surface area (Å²) in [6.45, 7) is 0. The van der Waals surface area contributed by atoms with Crippen LogP contribution in [0.5, 0.6) is 0 Å². The molecule has 0 spiro atoms. The van der Waals surface area contributed by atoms with E-state index in [9.17, 15) is 0 Å². The molecule has 1 aliphatic carbocycles. The Kier molecular flexibility index (Phi) is 8.04. The van der Waals surface area contributed by atoms with Crippen molar-refractivity contribution < 1.29 is 0 Å². The molecule has 0 amide bonds. The molecule has 0 unspecified atom stereocenters. The van der Waals surface area contributed by atoms with Crippen molar-refractivity contribution in [2.45, 2.75) is 12.8 Å². The zero-order valence-electron chi connectivity index (χ0n) is 34.5. The normalized spacial score (nSPS) is 12.6. The van der Waals surface area contributed by atoms with Crippen molar-refractivity contribution in [3.8, 4) is 50.3 Å². The third-order valence-electron chi connectivity index (χ3n) is 13.3. The highest BCUT2D eigenvalue weighted by atomic mass is 15.0. The summed E-state index contributed by atoms with van der Waals surface area (Å²) in [5, 5.41) is 10.9. The quantitative estimate of drug-likeness (QED) is 0.162. The fourth-order valence-corrected chi connectivity index (χ4v) is 10.4. The highest BCUT2D eigenvalue weighted by molar-refractivity contribution is 6.23. The van der Waals surface area contributed by atoms with Crippen molar-refractivity contribution in [3.05, 3.63) is 218 Å². The first-order chi connectivity index (χ1) is 31.2. The van der Waals surface area contributed by atoms with Gasteiger partial charge in [0.15, 0.2) is 0 Å². The second kappa shape index (κ2) is 14.2. The summed E-state index contributed by atoms with van der Waals surface area (Å²) < 4.78 is 2.43. The second-order valence-corrected chi connectivity index (χ2v) is 16.8. The Morgan fingerprint density at radius 2 is 1.08 bits per heavy atom. The van der Waals surface area contributed by atoms with Crippen molar-refractivity contribution >= 4 is 71.1 Å². The van der Waals surface area contributed by atoms with Gasteiger partial charge in [-0.25, -0.2) is 4.98 Å². The number of benzene rings is 10. The van der Waals surface area contributed by atoms with Crippen molar-refractivity contribution in [2.75, 3.05) is 0 Å². The lowest BCUT2D eigenvalue weighted by Crippen LogP contribution is -1.99. The molecule has 0 bridgehead atoms. The zero-order valence-corrected chi connectivity index (χ0v) is 34.5. The molecule has 3 nitrogen and oxygen atoms in total. The molecule has 2 heterocycles. The van der Waals surface area contributed by atoms with E-state index in [1.165, 1.54) is 88.0 Å². The largest absolute Gasteiger partial charge is 0.310 e. The second-order valence-electron chi connectivity index (χ2n) is 16.8. The number of allylic oxidation sites excluding steroid dienone is 1. The number of rotatable bonds is 5. The van der Waals surface area contributed by atoms with E-state index in [0.29, 0.717) is 0 Å². The van der Waals surface area contributed by atoms with Crippen LogP contribution in [-0.4, -0.2) is 14.5 Å².